The Hall–Kier alpha value is -1.26. The van der Waals surface area contributed by atoms with E-state index in [4.69, 9.17) is 20.3 Å². The Balaban J connectivity index is 2.74. The molecule has 1 unspecified atom stereocenters. The van der Waals surface area contributed by atoms with E-state index in [0.29, 0.717) is 0 Å². The maximum Gasteiger partial charge on any atom is 0.469 e. The van der Waals surface area contributed by atoms with Crippen LogP contribution in [0.2, 0.25) is 0 Å². The highest BCUT2D eigenvalue weighted by Crippen LogP contribution is 2.37. The molecular formula is C10H17N2O8P. The minimum Gasteiger partial charge on any atom is -0.387 e. The van der Waals surface area contributed by atoms with Gasteiger partial charge in [-0.15, -0.1) is 0 Å². The van der Waals surface area contributed by atoms with Crippen LogP contribution in [0.15, 0.2) is 25.1 Å². The fourth-order valence-corrected chi connectivity index (χ4v) is 2.03. The highest BCUT2D eigenvalue weighted by molar-refractivity contribution is 7.46. The first kappa shape index (κ1) is 17.8. The van der Waals surface area contributed by atoms with E-state index in [1.165, 1.54) is 17.3 Å². The van der Waals surface area contributed by atoms with Gasteiger partial charge in [0.05, 0.1) is 6.61 Å². The molecule has 1 saturated heterocycles. The summed E-state index contributed by atoms with van der Waals surface area (Å²) in [5.74, 6) is -0.740. The number of carbonyl (C=O) groups is 1. The standard InChI is InChI=1S/C10H17N2O8P/c1-2-12(4-3-7(11)13)10-9(15)8(14)6(20-10)5-19-21(16,17)18/h2-4,6,8-10,14-15H,1,5H2,(H2,11,13)(H2,16,17,18)/t6-,8-,9-,10?/m1/s1. The van der Waals surface area contributed by atoms with Crippen LogP contribution >= 0.6 is 7.82 Å². The summed E-state index contributed by atoms with van der Waals surface area (Å²) in [7, 11) is -4.72. The summed E-state index contributed by atoms with van der Waals surface area (Å²) in [6.07, 6.45) is -1.74. The second-order valence-electron chi connectivity index (χ2n) is 4.18. The number of hydrogen-bond donors (Lipinski definition) is 5. The number of rotatable bonds is 7. The van der Waals surface area contributed by atoms with Gasteiger partial charge in [-0.05, 0) is 6.20 Å². The monoisotopic (exact) mass is 324 g/mol. The zero-order valence-electron chi connectivity index (χ0n) is 10.8. The molecule has 120 valence electrons. The van der Waals surface area contributed by atoms with Crippen LogP contribution in [0.4, 0.5) is 0 Å². The lowest BCUT2D eigenvalue weighted by atomic mass is 10.1. The van der Waals surface area contributed by atoms with E-state index in [0.717, 1.165) is 6.08 Å². The molecule has 1 fully saturated rings. The van der Waals surface area contributed by atoms with Gasteiger partial charge in [0.2, 0.25) is 5.91 Å². The van der Waals surface area contributed by atoms with Gasteiger partial charge in [-0.3, -0.25) is 9.32 Å². The summed E-state index contributed by atoms with van der Waals surface area (Å²) in [6, 6.07) is 0. The summed E-state index contributed by atoms with van der Waals surface area (Å²) in [5, 5.41) is 19.6. The first-order valence-corrected chi connectivity index (χ1v) is 7.28. The average Bonchev–Trinajstić information content (AvgIpc) is 2.64. The maximum absolute atomic E-state index is 10.7. The number of aliphatic hydroxyl groups excluding tert-OH is 2. The molecular weight excluding hydrogens is 307 g/mol. The first-order valence-electron chi connectivity index (χ1n) is 5.75. The van der Waals surface area contributed by atoms with Gasteiger partial charge in [-0.25, -0.2) is 4.57 Å². The number of nitrogens with two attached hydrogens (primary N) is 1. The summed E-state index contributed by atoms with van der Waals surface area (Å²) in [6.45, 7) is 2.83. The van der Waals surface area contributed by atoms with E-state index in [-0.39, 0.29) is 0 Å². The molecule has 0 aliphatic carbocycles. The Labute approximate surface area is 120 Å². The summed E-state index contributed by atoms with van der Waals surface area (Å²) in [4.78, 5) is 29.0. The number of aliphatic hydroxyl groups is 2. The Morgan fingerprint density at radius 1 is 1.43 bits per heavy atom. The van der Waals surface area contributed by atoms with Gasteiger partial charge in [0.25, 0.3) is 0 Å². The smallest absolute Gasteiger partial charge is 0.387 e. The van der Waals surface area contributed by atoms with Crippen LogP contribution in [0.3, 0.4) is 0 Å². The predicted octanol–water partition coefficient (Wildman–Crippen LogP) is -2.01. The molecule has 0 aromatic rings. The Morgan fingerprint density at radius 2 is 2.05 bits per heavy atom. The van der Waals surface area contributed by atoms with Gasteiger partial charge < -0.3 is 35.4 Å². The van der Waals surface area contributed by atoms with Gasteiger partial charge in [-0.1, -0.05) is 6.58 Å². The van der Waals surface area contributed by atoms with Crippen molar-refractivity contribution in [3.63, 3.8) is 0 Å². The topological polar surface area (TPSA) is 163 Å². The second kappa shape index (κ2) is 7.14. The van der Waals surface area contributed by atoms with Crippen LogP contribution in [0, 0.1) is 0 Å². The number of primary amides is 1. The van der Waals surface area contributed by atoms with Crippen LogP contribution in [-0.4, -0.2) is 62.0 Å². The van der Waals surface area contributed by atoms with Crippen molar-refractivity contribution in [2.45, 2.75) is 24.5 Å². The number of amides is 1. The molecule has 1 aliphatic rings. The van der Waals surface area contributed by atoms with Crippen molar-refractivity contribution in [2.24, 2.45) is 5.73 Å². The lowest BCUT2D eigenvalue weighted by Gasteiger charge is -2.25. The zero-order valence-corrected chi connectivity index (χ0v) is 11.7. The number of hydrogen-bond acceptors (Lipinski definition) is 7. The summed E-state index contributed by atoms with van der Waals surface area (Å²) >= 11 is 0. The van der Waals surface area contributed by atoms with Gasteiger partial charge in [0, 0.05) is 12.3 Å². The largest absolute Gasteiger partial charge is 0.469 e. The van der Waals surface area contributed by atoms with Crippen LogP contribution in [0.25, 0.3) is 0 Å². The molecule has 6 N–H and O–H groups in total. The minimum absolute atomic E-state index is 0.622. The van der Waals surface area contributed by atoms with Crippen molar-refractivity contribution < 1.29 is 38.6 Å². The molecule has 10 nitrogen and oxygen atoms in total. The molecule has 21 heavy (non-hydrogen) atoms. The molecule has 11 heteroatoms. The highest BCUT2D eigenvalue weighted by Gasteiger charge is 2.45. The Morgan fingerprint density at radius 3 is 2.52 bits per heavy atom. The summed E-state index contributed by atoms with van der Waals surface area (Å²) in [5.41, 5.74) is 4.93. The molecule has 1 heterocycles. The molecule has 4 atom stereocenters. The fraction of sp³-hybridized carbons (Fsp3) is 0.500. The normalized spacial score (nSPS) is 29.7. The minimum atomic E-state index is -4.72. The van der Waals surface area contributed by atoms with E-state index < -0.39 is 44.9 Å². The molecule has 0 aromatic carbocycles. The SMILES string of the molecule is C=CN(C=CC(N)=O)C1O[C@H](COP(=O)(O)O)[C@@H](O)[C@H]1O. The van der Waals surface area contributed by atoms with Crippen LogP contribution in [0.5, 0.6) is 0 Å². The van der Waals surface area contributed by atoms with Crippen LogP contribution in [0.1, 0.15) is 0 Å². The molecule has 0 saturated carbocycles. The Bertz CT molecular complexity index is 464. The fourth-order valence-electron chi connectivity index (χ4n) is 1.69. The number of phosphoric acid groups is 1. The molecule has 0 spiro atoms. The van der Waals surface area contributed by atoms with E-state index >= 15 is 0 Å². The Kier molecular flexibility index (Phi) is 6.05. The van der Waals surface area contributed by atoms with Crippen molar-refractivity contribution in [3.8, 4) is 0 Å². The van der Waals surface area contributed by atoms with Gasteiger partial charge in [-0.2, -0.15) is 0 Å². The summed E-state index contributed by atoms with van der Waals surface area (Å²) < 4.78 is 20.1. The van der Waals surface area contributed by atoms with E-state index in [2.05, 4.69) is 11.1 Å². The van der Waals surface area contributed by atoms with Gasteiger partial charge >= 0.3 is 7.82 Å². The lowest BCUT2D eigenvalue weighted by molar-refractivity contribution is -0.113. The molecule has 1 amide bonds. The number of nitrogens with zero attached hydrogens (tertiary/aromatic N) is 1. The van der Waals surface area contributed by atoms with Crippen molar-refractivity contribution >= 4 is 13.7 Å². The van der Waals surface area contributed by atoms with Crippen LogP contribution in [-0.2, 0) is 18.6 Å². The van der Waals surface area contributed by atoms with Gasteiger partial charge in [0.1, 0.15) is 18.3 Å². The molecule has 0 aromatic heterocycles. The average molecular weight is 324 g/mol. The van der Waals surface area contributed by atoms with Crippen molar-refractivity contribution in [3.05, 3.63) is 25.1 Å². The zero-order chi connectivity index (χ0) is 16.2. The van der Waals surface area contributed by atoms with Crippen molar-refractivity contribution in [1.29, 1.82) is 0 Å². The van der Waals surface area contributed by atoms with E-state index in [1.54, 1.807) is 0 Å². The first-order chi connectivity index (χ1) is 9.65. The van der Waals surface area contributed by atoms with E-state index in [1.807, 2.05) is 0 Å². The number of ether oxygens (including phenoxy) is 1. The highest BCUT2D eigenvalue weighted by atomic mass is 31.2. The quantitative estimate of drug-likeness (QED) is 0.263. The molecule has 1 rings (SSSR count). The third kappa shape index (κ3) is 5.21. The molecule has 0 bridgehead atoms. The lowest BCUT2D eigenvalue weighted by Crippen LogP contribution is -2.39. The number of carbonyl (C=O) groups excluding carboxylic acids is 1. The second-order valence-corrected chi connectivity index (χ2v) is 5.42. The van der Waals surface area contributed by atoms with Crippen molar-refractivity contribution in [1.82, 2.24) is 4.90 Å². The molecule has 0 radical (unpaired) electrons. The van der Waals surface area contributed by atoms with Crippen LogP contribution < -0.4 is 5.73 Å². The molecule has 1 aliphatic heterocycles. The van der Waals surface area contributed by atoms with Gasteiger partial charge in [0.15, 0.2) is 6.23 Å². The maximum atomic E-state index is 10.7. The third-order valence-corrected chi connectivity index (χ3v) is 3.15. The predicted molar refractivity (Wildman–Crippen MR) is 69.0 cm³/mol. The third-order valence-electron chi connectivity index (χ3n) is 2.66. The number of phosphoric ester groups is 1. The van der Waals surface area contributed by atoms with E-state index in [9.17, 15) is 19.6 Å². The van der Waals surface area contributed by atoms with Crippen molar-refractivity contribution in [2.75, 3.05) is 6.61 Å².